The standard InChI is InChI=1S/C14H21BrN2O/c1-5-17(11(2)9-16(3)4)14-7-6-13(15)8-12(14)10-18/h6-8,10-11H,5,9H2,1-4H3. The van der Waals surface area contributed by atoms with Crippen LogP contribution in [0.25, 0.3) is 0 Å². The summed E-state index contributed by atoms with van der Waals surface area (Å²) in [6.45, 7) is 6.14. The number of benzene rings is 1. The molecule has 1 aromatic carbocycles. The van der Waals surface area contributed by atoms with Gasteiger partial charge in [0.25, 0.3) is 0 Å². The van der Waals surface area contributed by atoms with Gasteiger partial charge in [-0.2, -0.15) is 0 Å². The van der Waals surface area contributed by atoms with E-state index in [0.717, 1.165) is 35.1 Å². The maximum absolute atomic E-state index is 11.2. The normalized spacial score (nSPS) is 12.6. The zero-order valence-electron chi connectivity index (χ0n) is 11.5. The largest absolute Gasteiger partial charge is 0.367 e. The maximum atomic E-state index is 11.2. The summed E-state index contributed by atoms with van der Waals surface area (Å²) in [6.07, 6.45) is 0.922. The minimum Gasteiger partial charge on any atom is -0.367 e. The molecule has 0 saturated carbocycles. The van der Waals surface area contributed by atoms with Crippen molar-refractivity contribution in [1.29, 1.82) is 0 Å². The lowest BCUT2D eigenvalue weighted by Gasteiger charge is -2.33. The average Bonchev–Trinajstić information content (AvgIpc) is 2.30. The molecule has 100 valence electrons. The van der Waals surface area contributed by atoms with Gasteiger partial charge in [0, 0.05) is 34.9 Å². The molecule has 0 aromatic heterocycles. The van der Waals surface area contributed by atoms with Gasteiger partial charge < -0.3 is 9.80 Å². The lowest BCUT2D eigenvalue weighted by atomic mass is 10.1. The number of hydrogen-bond donors (Lipinski definition) is 0. The first-order valence-corrected chi connectivity index (χ1v) is 6.95. The third kappa shape index (κ3) is 3.82. The lowest BCUT2D eigenvalue weighted by molar-refractivity contribution is 0.112. The van der Waals surface area contributed by atoms with Gasteiger partial charge in [-0.15, -0.1) is 0 Å². The fraction of sp³-hybridized carbons (Fsp3) is 0.500. The second-order valence-corrected chi connectivity index (χ2v) is 5.63. The zero-order valence-corrected chi connectivity index (χ0v) is 13.1. The Bertz CT molecular complexity index is 407. The van der Waals surface area contributed by atoms with Crippen molar-refractivity contribution in [2.45, 2.75) is 19.9 Å². The summed E-state index contributed by atoms with van der Waals surface area (Å²) >= 11 is 3.40. The molecular weight excluding hydrogens is 292 g/mol. The molecule has 0 bridgehead atoms. The Hall–Kier alpha value is -0.870. The van der Waals surface area contributed by atoms with E-state index < -0.39 is 0 Å². The van der Waals surface area contributed by atoms with Crippen LogP contribution in [0.15, 0.2) is 22.7 Å². The predicted octanol–water partition coefficient (Wildman–Crippen LogP) is 3.04. The minimum atomic E-state index is 0.366. The molecule has 0 spiro atoms. The summed E-state index contributed by atoms with van der Waals surface area (Å²) in [6, 6.07) is 6.22. The fourth-order valence-electron chi connectivity index (χ4n) is 2.23. The van der Waals surface area contributed by atoms with Crippen LogP contribution in [-0.4, -0.2) is 44.4 Å². The van der Waals surface area contributed by atoms with Gasteiger partial charge in [-0.1, -0.05) is 15.9 Å². The highest BCUT2D eigenvalue weighted by atomic mass is 79.9. The molecule has 1 atom stereocenters. The average molecular weight is 313 g/mol. The van der Waals surface area contributed by atoms with Crippen LogP contribution in [0, 0.1) is 0 Å². The summed E-state index contributed by atoms with van der Waals surface area (Å²) in [5.74, 6) is 0. The van der Waals surface area contributed by atoms with E-state index in [1.807, 2.05) is 18.2 Å². The predicted molar refractivity (Wildman–Crippen MR) is 80.6 cm³/mol. The molecular formula is C14H21BrN2O. The monoisotopic (exact) mass is 312 g/mol. The van der Waals surface area contributed by atoms with Crippen molar-refractivity contribution < 1.29 is 4.79 Å². The molecule has 3 nitrogen and oxygen atoms in total. The van der Waals surface area contributed by atoms with Crippen molar-refractivity contribution in [3.8, 4) is 0 Å². The number of rotatable bonds is 6. The Balaban J connectivity index is 3.04. The van der Waals surface area contributed by atoms with Crippen LogP contribution in [0.5, 0.6) is 0 Å². The molecule has 0 heterocycles. The number of carbonyl (C=O) groups excluding carboxylic acids is 1. The lowest BCUT2D eigenvalue weighted by Crippen LogP contribution is -2.40. The Kier molecular flexibility index (Phi) is 5.82. The molecule has 1 unspecified atom stereocenters. The maximum Gasteiger partial charge on any atom is 0.152 e. The minimum absolute atomic E-state index is 0.366. The number of hydrogen-bond acceptors (Lipinski definition) is 3. The van der Waals surface area contributed by atoms with Gasteiger partial charge in [-0.25, -0.2) is 0 Å². The Morgan fingerprint density at radius 2 is 2.06 bits per heavy atom. The highest BCUT2D eigenvalue weighted by Crippen LogP contribution is 2.25. The number of halogens is 1. The molecule has 0 radical (unpaired) electrons. The van der Waals surface area contributed by atoms with Gasteiger partial charge in [0.15, 0.2) is 6.29 Å². The van der Waals surface area contributed by atoms with E-state index >= 15 is 0 Å². The zero-order chi connectivity index (χ0) is 13.7. The number of aldehydes is 1. The molecule has 0 aliphatic heterocycles. The number of likely N-dealkylation sites (N-methyl/N-ethyl adjacent to an activating group) is 2. The second-order valence-electron chi connectivity index (χ2n) is 4.72. The van der Waals surface area contributed by atoms with Crippen molar-refractivity contribution in [1.82, 2.24) is 4.90 Å². The molecule has 0 aliphatic carbocycles. The van der Waals surface area contributed by atoms with E-state index in [2.05, 4.69) is 53.7 Å². The van der Waals surface area contributed by atoms with Crippen molar-refractivity contribution in [2.75, 3.05) is 32.1 Å². The molecule has 0 N–H and O–H groups in total. The third-order valence-corrected chi connectivity index (χ3v) is 3.42. The van der Waals surface area contributed by atoms with Crippen LogP contribution in [0.1, 0.15) is 24.2 Å². The molecule has 0 amide bonds. The summed E-state index contributed by atoms with van der Waals surface area (Å²) < 4.78 is 0.935. The topological polar surface area (TPSA) is 23.6 Å². The molecule has 0 saturated heterocycles. The van der Waals surface area contributed by atoms with E-state index in [1.54, 1.807) is 0 Å². The van der Waals surface area contributed by atoms with Gasteiger partial charge in [0.2, 0.25) is 0 Å². The van der Waals surface area contributed by atoms with E-state index in [4.69, 9.17) is 0 Å². The van der Waals surface area contributed by atoms with Gasteiger partial charge >= 0.3 is 0 Å². The summed E-state index contributed by atoms with van der Waals surface area (Å²) in [5, 5.41) is 0. The Morgan fingerprint density at radius 3 is 2.56 bits per heavy atom. The van der Waals surface area contributed by atoms with Crippen molar-refractivity contribution >= 4 is 27.9 Å². The van der Waals surface area contributed by atoms with Gasteiger partial charge in [0.1, 0.15) is 0 Å². The molecule has 4 heteroatoms. The third-order valence-electron chi connectivity index (χ3n) is 2.93. The molecule has 1 rings (SSSR count). The van der Waals surface area contributed by atoms with Crippen LogP contribution in [0.2, 0.25) is 0 Å². The first kappa shape index (κ1) is 15.2. The quantitative estimate of drug-likeness (QED) is 0.754. The molecule has 0 fully saturated rings. The molecule has 1 aromatic rings. The van der Waals surface area contributed by atoms with Crippen LogP contribution >= 0.6 is 15.9 Å². The smallest absolute Gasteiger partial charge is 0.152 e. The van der Waals surface area contributed by atoms with Crippen LogP contribution < -0.4 is 4.90 Å². The van der Waals surface area contributed by atoms with Crippen LogP contribution in [0.3, 0.4) is 0 Å². The highest BCUT2D eigenvalue weighted by molar-refractivity contribution is 9.10. The van der Waals surface area contributed by atoms with E-state index in [1.165, 1.54) is 0 Å². The number of anilines is 1. The summed E-state index contributed by atoms with van der Waals surface area (Å²) in [7, 11) is 4.12. The first-order valence-electron chi connectivity index (χ1n) is 6.15. The van der Waals surface area contributed by atoms with E-state index in [0.29, 0.717) is 6.04 Å². The van der Waals surface area contributed by atoms with Crippen molar-refractivity contribution in [2.24, 2.45) is 0 Å². The van der Waals surface area contributed by atoms with Gasteiger partial charge in [0.05, 0.1) is 0 Å². The van der Waals surface area contributed by atoms with E-state index in [-0.39, 0.29) is 0 Å². The fourth-order valence-corrected chi connectivity index (χ4v) is 2.61. The van der Waals surface area contributed by atoms with Gasteiger partial charge in [-0.05, 0) is 46.1 Å². The molecule has 18 heavy (non-hydrogen) atoms. The van der Waals surface area contributed by atoms with Gasteiger partial charge in [-0.3, -0.25) is 4.79 Å². The van der Waals surface area contributed by atoms with Crippen molar-refractivity contribution in [3.05, 3.63) is 28.2 Å². The highest BCUT2D eigenvalue weighted by Gasteiger charge is 2.16. The van der Waals surface area contributed by atoms with Crippen molar-refractivity contribution in [3.63, 3.8) is 0 Å². The first-order chi connectivity index (χ1) is 8.49. The van der Waals surface area contributed by atoms with Crippen LogP contribution in [0.4, 0.5) is 5.69 Å². The summed E-state index contributed by atoms with van der Waals surface area (Å²) in [4.78, 5) is 15.6. The number of nitrogens with zero attached hydrogens (tertiary/aromatic N) is 2. The second kappa shape index (κ2) is 6.90. The Labute approximate surface area is 118 Å². The summed E-state index contributed by atoms with van der Waals surface area (Å²) in [5.41, 5.74) is 1.74. The molecule has 0 aliphatic rings. The SMILES string of the molecule is CCN(c1ccc(Br)cc1C=O)C(C)CN(C)C. The Morgan fingerprint density at radius 1 is 1.39 bits per heavy atom. The van der Waals surface area contributed by atoms with Crippen LogP contribution in [-0.2, 0) is 0 Å². The number of carbonyl (C=O) groups is 1. The van der Waals surface area contributed by atoms with E-state index in [9.17, 15) is 4.79 Å².